The Morgan fingerprint density at radius 2 is 2.39 bits per heavy atom. The van der Waals surface area contributed by atoms with Crippen LogP contribution >= 0.6 is 11.3 Å². The van der Waals surface area contributed by atoms with Crippen LogP contribution in [0.1, 0.15) is 18.9 Å². The summed E-state index contributed by atoms with van der Waals surface area (Å²) in [6.45, 7) is 3.74. The summed E-state index contributed by atoms with van der Waals surface area (Å²) in [6, 6.07) is 9.41. The Morgan fingerprint density at radius 1 is 1.50 bits per heavy atom. The zero-order chi connectivity index (χ0) is 12.8. The van der Waals surface area contributed by atoms with Crippen molar-refractivity contribution in [2.24, 2.45) is 5.73 Å². The molecule has 0 bridgehead atoms. The molecule has 0 atom stereocenters. The van der Waals surface area contributed by atoms with Crippen molar-refractivity contribution >= 4 is 16.5 Å². The smallest absolute Gasteiger partial charge is 0.183 e. The number of benzene rings is 1. The lowest BCUT2D eigenvalue weighted by atomic mass is 10.0. The third-order valence-corrected chi connectivity index (χ3v) is 3.71. The largest absolute Gasteiger partial charge is 0.361 e. The van der Waals surface area contributed by atoms with Gasteiger partial charge in [0.25, 0.3) is 0 Å². The maximum absolute atomic E-state index is 5.47. The maximum atomic E-state index is 5.47. The Balaban J connectivity index is 2.13. The van der Waals surface area contributed by atoms with E-state index in [0.29, 0.717) is 6.54 Å². The van der Waals surface area contributed by atoms with Crippen molar-refractivity contribution in [2.75, 3.05) is 18.4 Å². The van der Waals surface area contributed by atoms with Gasteiger partial charge in [-0.2, -0.15) is 0 Å². The molecule has 1 radical (unpaired) electrons. The van der Waals surface area contributed by atoms with Gasteiger partial charge in [-0.15, -0.1) is 0 Å². The Hall–Kier alpha value is -1.39. The highest BCUT2D eigenvalue weighted by Crippen LogP contribution is 2.31. The molecule has 2 aromatic rings. The molecular weight excluding hydrogens is 242 g/mol. The van der Waals surface area contributed by atoms with E-state index in [-0.39, 0.29) is 0 Å². The van der Waals surface area contributed by atoms with Crippen LogP contribution in [0.4, 0.5) is 5.13 Å². The number of aryl methyl sites for hydroxylation is 1. The zero-order valence-electron chi connectivity index (χ0n) is 10.6. The van der Waals surface area contributed by atoms with E-state index in [0.717, 1.165) is 24.5 Å². The first-order valence-electron chi connectivity index (χ1n) is 6.25. The van der Waals surface area contributed by atoms with E-state index in [2.05, 4.69) is 29.4 Å². The maximum Gasteiger partial charge on any atom is 0.183 e. The molecule has 3 nitrogen and oxygen atoms in total. The number of nitrogens with one attached hydrogen (secondary N) is 1. The molecule has 0 saturated carbocycles. The van der Waals surface area contributed by atoms with Gasteiger partial charge in [-0.3, -0.25) is 0 Å². The van der Waals surface area contributed by atoms with Crippen LogP contribution in [0.5, 0.6) is 0 Å². The van der Waals surface area contributed by atoms with Gasteiger partial charge in [0, 0.05) is 12.7 Å². The Labute approximate surface area is 112 Å². The Bertz CT molecular complexity index is 493. The minimum absolute atomic E-state index is 0.707. The summed E-state index contributed by atoms with van der Waals surface area (Å²) in [5.74, 6) is 0. The number of hydrogen-bond acceptors (Lipinski definition) is 4. The third-order valence-electron chi connectivity index (χ3n) is 2.72. The number of hydrogen-bond donors (Lipinski definition) is 2. The first-order chi connectivity index (χ1) is 8.85. The summed E-state index contributed by atoms with van der Waals surface area (Å²) < 4.78 is 0. The second kappa shape index (κ2) is 6.52. The van der Waals surface area contributed by atoms with Gasteiger partial charge in [-0.1, -0.05) is 36.5 Å². The molecular formula is C14H18N3S. The lowest BCUT2D eigenvalue weighted by Crippen LogP contribution is -2.07. The van der Waals surface area contributed by atoms with Crippen molar-refractivity contribution in [1.29, 1.82) is 0 Å². The average molecular weight is 260 g/mol. The molecule has 95 valence electrons. The molecule has 0 aliphatic heterocycles. The monoisotopic (exact) mass is 260 g/mol. The van der Waals surface area contributed by atoms with Gasteiger partial charge in [0.15, 0.2) is 5.13 Å². The van der Waals surface area contributed by atoms with E-state index in [1.165, 1.54) is 16.0 Å². The molecule has 1 aromatic heterocycles. The molecule has 2 rings (SSSR count). The SMILES string of the molecule is CCc1[c]cccc1-c1cnc(NCCCN)s1. The molecule has 4 heteroatoms. The van der Waals surface area contributed by atoms with Gasteiger partial charge in [-0.25, -0.2) is 4.98 Å². The predicted molar refractivity (Wildman–Crippen MR) is 77.9 cm³/mol. The highest BCUT2D eigenvalue weighted by Gasteiger charge is 2.07. The van der Waals surface area contributed by atoms with Crippen LogP contribution in [0.15, 0.2) is 24.4 Å². The fourth-order valence-corrected chi connectivity index (χ4v) is 2.67. The summed E-state index contributed by atoms with van der Waals surface area (Å²) in [4.78, 5) is 5.59. The van der Waals surface area contributed by atoms with Crippen molar-refractivity contribution in [1.82, 2.24) is 4.98 Å². The van der Waals surface area contributed by atoms with Crippen LogP contribution in [-0.2, 0) is 6.42 Å². The fraction of sp³-hybridized carbons (Fsp3) is 0.357. The molecule has 0 fully saturated rings. The number of thiazole rings is 1. The predicted octanol–water partition coefficient (Wildman–Crippen LogP) is 2.93. The van der Waals surface area contributed by atoms with Crippen LogP contribution in [0, 0.1) is 6.07 Å². The normalized spacial score (nSPS) is 10.6. The molecule has 1 aromatic carbocycles. The Morgan fingerprint density at radius 3 is 3.17 bits per heavy atom. The number of nitrogens with two attached hydrogens (primary N) is 1. The molecule has 1 heterocycles. The van der Waals surface area contributed by atoms with Gasteiger partial charge in [0.1, 0.15) is 0 Å². The second-order valence-corrected chi connectivity index (χ2v) is 5.05. The van der Waals surface area contributed by atoms with Crippen LogP contribution in [-0.4, -0.2) is 18.1 Å². The Kier molecular flexibility index (Phi) is 4.73. The third kappa shape index (κ3) is 3.09. The van der Waals surface area contributed by atoms with Gasteiger partial charge < -0.3 is 11.1 Å². The standard InChI is InChI=1S/C14H18N3S/c1-2-11-6-3-4-7-12(11)13-10-17-14(18-13)16-9-5-8-15/h3-4,7,10H,2,5,8-9,15H2,1H3,(H,16,17). The lowest BCUT2D eigenvalue weighted by molar-refractivity contribution is 0.873. The molecule has 0 saturated heterocycles. The van der Waals surface area contributed by atoms with Crippen molar-refractivity contribution in [3.05, 3.63) is 36.0 Å². The summed E-state index contributed by atoms with van der Waals surface area (Å²) in [6.07, 6.45) is 3.88. The average Bonchev–Trinajstić information content (AvgIpc) is 2.88. The molecule has 0 amide bonds. The van der Waals surface area contributed by atoms with Gasteiger partial charge >= 0.3 is 0 Å². The van der Waals surface area contributed by atoms with E-state index in [4.69, 9.17) is 5.73 Å². The number of nitrogens with zero attached hydrogens (tertiary/aromatic N) is 1. The summed E-state index contributed by atoms with van der Waals surface area (Å²) in [7, 11) is 0. The van der Waals surface area contributed by atoms with Gasteiger partial charge in [-0.05, 0) is 36.6 Å². The van der Waals surface area contributed by atoms with Gasteiger partial charge in [0.05, 0.1) is 4.88 Å². The molecule has 0 unspecified atom stereocenters. The van der Waals surface area contributed by atoms with Crippen molar-refractivity contribution < 1.29 is 0 Å². The van der Waals surface area contributed by atoms with Crippen LogP contribution in [0.25, 0.3) is 10.4 Å². The van der Waals surface area contributed by atoms with E-state index in [1.807, 2.05) is 18.3 Å². The summed E-state index contributed by atoms with van der Waals surface area (Å²) in [5.41, 5.74) is 7.95. The number of anilines is 1. The van der Waals surface area contributed by atoms with Crippen LogP contribution in [0.3, 0.4) is 0 Å². The second-order valence-electron chi connectivity index (χ2n) is 4.01. The van der Waals surface area contributed by atoms with Crippen LogP contribution in [0.2, 0.25) is 0 Å². The molecule has 0 aliphatic rings. The van der Waals surface area contributed by atoms with Crippen molar-refractivity contribution in [2.45, 2.75) is 19.8 Å². The highest BCUT2D eigenvalue weighted by molar-refractivity contribution is 7.18. The first-order valence-corrected chi connectivity index (χ1v) is 7.06. The first kappa shape index (κ1) is 13.1. The zero-order valence-corrected chi connectivity index (χ0v) is 11.4. The quantitative estimate of drug-likeness (QED) is 0.785. The number of rotatable bonds is 6. The molecule has 0 spiro atoms. The van der Waals surface area contributed by atoms with E-state index in [1.54, 1.807) is 11.3 Å². The minimum atomic E-state index is 0.707. The molecule has 0 aliphatic carbocycles. The van der Waals surface area contributed by atoms with Crippen LogP contribution < -0.4 is 11.1 Å². The summed E-state index contributed by atoms with van der Waals surface area (Å²) >= 11 is 1.68. The highest BCUT2D eigenvalue weighted by atomic mass is 32.1. The van der Waals surface area contributed by atoms with Gasteiger partial charge in [0.2, 0.25) is 0 Å². The number of aromatic nitrogens is 1. The fourth-order valence-electron chi connectivity index (χ4n) is 1.77. The summed E-state index contributed by atoms with van der Waals surface area (Å²) in [5, 5.41) is 4.25. The van der Waals surface area contributed by atoms with Crippen molar-refractivity contribution in [3.8, 4) is 10.4 Å². The topological polar surface area (TPSA) is 50.9 Å². The molecule has 3 N–H and O–H groups in total. The van der Waals surface area contributed by atoms with E-state index >= 15 is 0 Å². The van der Waals surface area contributed by atoms with E-state index in [9.17, 15) is 0 Å². The van der Waals surface area contributed by atoms with Crippen molar-refractivity contribution in [3.63, 3.8) is 0 Å². The minimum Gasteiger partial charge on any atom is -0.361 e. The van der Waals surface area contributed by atoms with E-state index < -0.39 is 0 Å². The molecule has 18 heavy (non-hydrogen) atoms. The lowest BCUT2D eigenvalue weighted by Gasteiger charge is -2.03.